The average Bonchev–Trinajstić information content (AvgIpc) is 2.68. The summed E-state index contributed by atoms with van der Waals surface area (Å²) >= 11 is 0. The number of hydrogen-bond acceptors (Lipinski definition) is 6. The van der Waals surface area contributed by atoms with Gasteiger partial charge in [0.15, 0.2) is 5.78 Å². The number of fused-ring (bicyclic) bond motifs is 1. The van der Waals surface area contributed by atoms with Gasteiger partial charge in [-0.05, 0) is 49.0 Å². The molecule has 3 atom stereocenters. The molecule has 27 heavy (non-hydrogen) atoms. The number of nitro benzene ring substituents is 1. The lowest BCUT2D eigenvalue weighted by molar-refractivity contribution is -0.384. The van der Waals surface area contributed by atoms with Crippen molar-refractivity contribution in [3.8, 4) is 0 Å². The number of non-ortho nitro benzene ring substituents is 1. The van der Waals surface area contributed by atoms with Gasteiger partial charge in [-0.25, -0.2) is 10.3 Å². The number of carbonyl (C=O) groups excluding carboxylic acids is 2. The van der Waals surface area contributed by atoms with Gasteiger partial charge in [0, 0.05) is 18.1 Å². The van der Waals surface area contributed by atoms with Crippen LogP contribution in [0.4, 0.5) is 5.69 Å². The van der Waals surface area contributed by atoms with Gasteiger partial charge in [0.25, 0.3) is 5.69 Å². The lowest BCUT2D eigenvalue weighted by Crippen LogP contribution is -2.40. The van der Waals surface area contributed by atoms with Crippen LogP contribution in [0, 0.1) is 27.9 Å². The van der Waals surface area contributed by atoms with E-state index in [0.717, 1.165) is 24.0 Å². The minimum Gasteiger partial charge on any atom is -0.338 e. The predicted molar refractivity (Wildman–Crippen MR) is 96.3 cm³/mol. The van der Waals surface area contributed by atoms with E-state index in [0.29, 0.717) is 5.70 Å². The summed E-state index contributed by atoms with van der Waals surface area (Å²) in [5.41, 5.74) is 4.99. The summed E-state index contributed by atoms with van der Waals surface area (Å²) < 4.78 is 0. The molecule has 1 N–H and O–H groups in total. The predicted octanol–water partition coefficient (Wildman–Crippen LogP) is 3.25. The van der Waals surface area contributed by atoms with E-state index in [4.69, 9.17) is 4.84 Å². The first-order valence-corrected chi connectivity index (χ1v) is 8.82. The molecular formula is C20H18N2O5. The molecule has 0 unspecified atom stereocenters. The highest BCUT2D eigenvalue weighted by Gasteiger charge is 2.43. The Morgan fingerprint density at radius 3 is 2.81 bits per heavy atom. The minimum absolute atomic E-state index is 0.0810. The van der Waals surface area contributed by atoms with Gasteiger partial charge >= 0.3 is 5.97 Å². The third-order valence-corrected chi connectivity index (χ3v) is 5.45. The Balaban J connectivity index is 1.58. The van der Waals surface area contributed by atoms with Crippen molar-refractivity contribution >= 4 is 17.4 Å². The fourth-order valence-corrected chi connectivity index (χ4v) is 4.19. The summed E-state index contributed by atoms with van der Waals surface area (Å²) in [4.78, 5) is 40.3. The SMILES string of the molecule is CC1=CC(=O)[C@@H]2C(=C1NOC(=O)c1cccc([N+](=O)[O-])c1)[C@H]1C=C[C@H]2CC1. The van der Waals surface area contributed by atoms with Crippen LogP contribution in [-0.4, -0.2) is 16.7 Å². The Morgan fingerprint density at radius 2 is 2.11 bits per heavy atom. The van der Waals surface area contributed by atoms with Crippen LogP contribution in [0.15, 0.2) is 59.3 Å². The first-order valence-electron chi connectivity index (χ1n) is 8.82. The summed E-state index contributed by atoms with van der Waals surface area (Å²) in [5.74, 6) is -0.476. The number of hydroxylamine groups is 1. The highest BCUT2D eigenvalue weighted by Crippen LogP contribution is 2.48. The van der Waals surface area contributed by atoms with E-state index < -0.39 is 10.9 Å². The normalized spacial score (nSPS) is 25.7. The third-order valence-electron chi connectivity index (χ3n) is 5.45. The van der Waals surface area contributed by atoms with Crippen LogP contribution in [-0.2, 0) is 9.63 Å². The van der Waals surface area contributed by atoms with Gasteiger partial charge < -0.3 is 4.84 Å². The molecule has 0 aromatic heterocycles. The lowest BCUT2D eigenvalue weighted by Gasteiger charge is -2.42. The summed E-state index contributed by atoms with van der Waals surface area (Å²) in [6, 6.07) is 5.37. The maximum absolute atomic E-state index is 12.5. The van der Waals surface area contributed by atoms with Crippen LogP contribution in [0.5, 0.6) is 0 Å². The van der Waals surface area contributed by atoms with Crippen LogP contribution in [0.1, 0.15) is 30.1 Å². The molecule has 0 aliphatic heterocycles. The topological polar surface area (TPSA) is 98.5 Å². The first-order chi connectivity index (χ1) is 13.0. The van der Waals surface area contributed by atoms with Crippen LogP contribution >= 0.6 is 0 Å². The number of nitrogens with one attached hydrogen (secondary N) is 1. The number of carbonyl (C=O) groups is 2. The Kier molecular flexibility index (Phi) is 4.14. The van der Waals surface area contributed by atoms with E-state index in [2.05, 4.69) is 17.6 Å². The lowest BCUT2D eigenvalue weighted by atomic mass is 9.62. The van der Waals surface area contributed by atoms with E-state index in [1.54, 1.807) is 13.0 Å². The molecule has 138 valence electrons. The van der Waals surface area contributed by atoms with Gasteiger partial charge in [-0.15, -0.1) is 0 Å². The second-order valence-corrected chi connectivity index (χ2v) is 7.07. The van der Waals surface area contributed by atoms with Crippen molar-refractivity contribution in [1.82, 2.24) is 5.48 Å². The van der Waals surface area contributed by atoms with Gasteiger partial charge in [-0.3, -0.25) is 14.9 Å². The Hall–Kier alpha value is -3.22. The van der Waals surface area contributed by atoms with Crippen molar-refractivity contribution in [1.29, 1.82) is 0 Å². The molecule has 0 spiro atoms. The van der Waals surface area contributed by atoms with Gasteiger partial charge in [-0.1, -0.05) is 18.2 Å². The van der Waals surface area contributed by atoms with Gasteiger partial charge in [0.05, 0.1) is 22.1 Å². The van der Waals surface area contributed by atoms with Crippen LogP contribution < -0.4 is 5.48 Å². The van der Waals surface area contributed by atoms with Crippen LogP contribution in [0.2, 0.25) is 0 Å². The quantitative estimate of drug-likeness (QED) is 0.499. The van der Waals surface area contributed by atoms with E-state index in [-0.39, 0.29) is 34.8 Å². The van der Waals surface area contributed by atoms with Crippen molar-refractivity contribution in [3.05, 3.63) is 75.0 Å². The number of nitrogens with zero attached hydrogens (tertiary/aromatic N) is 1. The van der Waals surface area contributed by atoms with E-state index in [1.165, 1.54) is 24.3 Å². The molecular weight excluding hydrogens is 348 g/mol. The molecule has 0 saturated heterocycles. The highest BCUT2D eigenvalue weighted by atomic mass is 16.7. The van der Waals surface area contributed by atoms with Crippen molar-refractivity contribution in [2.75, 3.05) is 0 Å². The van der Waals surface area contributed by atoms with Crippen molar-refractivity contribution in [3.63, 3.8) is 0 Å². The summed E-state index contributed by atoms with van der Waals surface area (Å²) in [6.45, 7) is 1.80. The summed E-state index contributed by atoms with van der Waals surface area (Å²) in [7, 11) is 0. The molecule has 1 saturated carbocycles. The zero-order chi connectivity index (χ0) is 19.1. The summed E-state index contributed by atoms with van der Waals surface area (Å²) in [6.07, 6.45) is 7.77. The van der Waals surface area contributed by atoms with Crippen molar-refractivity contribution in [2.24, 2.45) is 17.8 Å². The molecule has 0 amide bonds. The molecule has 1 aromatic carbocycles. The molecule has 4 aliphatic rings. The van der Waals surface area contributed by atoms with Gasteiger partial charge in [0.1, 0.15) is 0 Å². The van der Waals surface area contributed by atoms with Gasteiger partial charge in [0.2, 0.25) is 0 Å². The average molecular weight is 366 g/mol. The smallest absolute Gasteiger partial charge is 0.338 e. The van der Waals surface area contributed by atoms with E-state index in [9.17, 15) is 19.7 Å². The Morgan fingerprint density at radius 1 is 1.30 bits per heavy atom. The van der Waals surface area contributed by atoms with Crippen molar-refractivity contribution < 1.29 is 19.3 Å². The minimum atomic E-state index is -0.718. The molecule has 1 aromatic rings. The molecule has 0 heterocycles. The third kappa shape index (κ3) is 2.95. The fourth-order valence-electron chi connectivity index (χ4n) is 4.19. The fraction of sp³-hybridized carbons (Fsp3) is 0.300. The van der Waals surface area contributed by atoms with Crippen molar-refractivity contribution in [2.45, 2.75) is 19.8 Å². The maximum Gasteiger partial charge on any atom is 0.363 e. The maximum atomic E-state index is 12.5. The van der Waals surface area contributed by atoms with Crippen LogP contribution in [0.3, 0.4) is 0 Å². The number of hydrogen-bond donors (Lipinski definition) is 1. The molecule has 7 nitrogen and oxygen atoms in total. The summed E-state index contributed by atoms with van der Waals surface area (Å²) in [5, 5.41) is 10.9. The second-order valence-electron chi connectivity index (χ2n) is 7.07. The highest BCUT2D eigenvalue weighted by molar-refractivity contribution is 5.98. The monoisotopic (exact) mass is 366 g/mol. The van der Waals surface area contributed by atoms with Crippen LogP contribution in [0.25, 0.3) is 0 Å². The number of nitro groups is 1. The number of rotatable bonds is 4. The second kappa shape index (κ2) is 6.50. The molecule has 4 aliphatic carbocycles. The molecule has 0 radical (unpaired) electrons. The molecule has 7 heteroatoms. The molecule has 2 bridgehead atoms. The zero-order valence-corrected chi connectivity index (χ0v) is 14.7. The molecule has 1 fully saturated rings. The number of ketones is 1. The Bertz CT molecular complexity index is 943. The number of benzene rings is 1. The van der Waals surface area contributed by atoms with E-state index in [1.807, 2.05) is 0 Å². The largest absolute Gasteiger partial charge is 0.363 e. The zero-order valence-electron chi connectivity index (χ0n) is 14.7. The number of allylic oxidation sites excluding steroid dienone is 5. The van der Waals surface area contributed by atoms with E-state index >= 15 is 0 Å². The van der Waals surface area contributed by atoms with Gasteiger partial charge in [-0.2, -0.15) is 0 Å². The molecule has 5 rings (SSSR count). The Labute approximate surface area is 155 Å². The standard InChI is InChI=1S/C20H18N2O5/c1-11-9-16(23)17-12-5-7-13(8-6-12)18(17)19(11)21-27-20(24)14-3-2-4-15(10-14)22(25)26/h2-5,7,9-10,12-13,17,21H,6,8H2,1H3/t12-,13-,17+/m0/s1. The first kappa shape index (κ1) is 17.2.